The summed E-state index contributed by atoms with van der Waals surface area (Å²) in [6.45, 7) is 0. The van der Waals surface area contributed by atoms with Crippen molar-refractivity contribution < 1.29 is 39.5 Å². The first kappa shape index (κ1) is 10.9. The predicted molar refractivity (Wildman–Crippen MR) is 33.6 cm³/mol. The molecule has 0 atom stereocenters. The fourth-order valence-corrected chi connectivity index (χ4v) is 0.608. The topological polar surface area (TPSA) is 53.0 Å². The number of carboxylic acid groups (broad SMARTS) is 1. The van der Waals surface area contributed by atoms with Gasteiger partial charge in [-0.05, 0) is 12.1 Å². The Morgan fingerprint density at radius 2 is 2.18 bits per heavy atom. The maximum atomic E-state index is 10.1. The van der Waals surface area contributed by atoms with Gasteiger partial charge in [0.2, 0.25) is 0 Å². The van der Waals surface area contributed by atoms with E-state index in [1.165, 1.54) is 12.1 Å². The maximum Gasteiger partial charge on any atom is 1.00 e. The van der Waals surface area contributed by atoms with Gasteiger partial charge in [0.15, 0.2) is 0 Å². The standard InChI is InChI=1S/C6H4ClNO2.Na/c7-5-2-1-4(3-8-5)6(9)10;/h1-3H,(H,9,10);/q;+1/p-1. The molecule has 0 saturated heterocycles. The molecule has 0 bridgehead atoms. The Bertz CT molecular complexity index is 249. The fourth-order valence-electron chi connectivity index (χ4n) is 0.497. The zero-order valence-corrected chi connectivity index (χ0v) is 8.63. The monoisotopic (exact) mass is 179 g/mol. The molecule has 0 radical (unpaired) electrons. The predicted octanol–water partition coefficient (Wildman–Crippen LogP) is -2.90. The fraction of sp³-hybridized carbons (Fsp3) is 0. The summed E-state index contributed by atoms with van der Waals surface area (Å²) in [5.74, 6) is -1.25. The first-order valence-electron chi connectivity index (χ1n) is 2.53. The van der Waals surface area contributed by atoms with Crippen molar-refractivity contribution in [3.63, 3.8) is 0 Å². The third kappa shape index (κ3) is 3.20. The second-order valence-corrected chi connectivity index (χ2v) is 2.04. The number of pyridine rings is 1. The first-order valence-corrected chi connectivity index (χ1v) is 2.91. The van der Waals surface area contributed by atoms with E-state index in [-0.39, 0.29) is 40.3 Å². The van der Waals surface area contributed by atoms with Crippen molar-refractivity contribution in [1.29, 1.82) is 0 Å². The molecule has 0 fully saturated rings. The smallest absolute Gasteiger partial charge is 0.545 e. The minimum absolute atomic E-state index is 0. The van der Waals surface area contributed by atoms with Gasteiger partial charge in [-0.1, -0.05) is 11.6 Å². The molecular weight excluding hydrogens is 177 g/mol. The number of nitrogens with zero attached hydrogens (tertiary/aromatic N) is 1. The molecule has 0 aliphatic heterocycles. The number of hydrogen-bond acceptors (Lipinski definition) is 3. The molecule has 0 amide bonds. The molecule has 0 spiro atoms. The average molecular weight is 180 g/mol. The van der Waals surface area contributed by atoms with Crippen molar-refractivity contribution in [3.05, 3.63) is 29.0 Å². The normalized spacial score (nSPS) is 8.45. The van der Waals surface area contributed by atoms with Crippen molar-refractivity contribution in [1.82, 2.24) is 4.98 Å². The number of halogens is 1. The molecule has 1 rings (SSSR count). The number of hydrogen-bond donors (Lipinski definition) is 0. The van der Waals surface area contributed by atoms with Crippen molar-refractivity contribution in [2.75, 3.05) is 0 Å². The second kappa shape index (κ2) is 4.72. The van der Waals surface area contributed by atoms with Gasteiger partial charge in [-0.2, -0.15) is 0 Å². The third-order valence-corrected chi connectivity index (χ3v) is 1.19. The second-order valence-electron chi connectivity index (χ2n) is 1.66. The SMILES string of the molecule is O=C([O-])c1ccc(Cl)nc1.[Na+]. The zero-order valence-electron chi connectivity index (χ0n) is 5.87. The van der Waals surface area contributed by atoms with Crippen LogP contribution >= 0.6 is 11.6 Å². The Hall–Kier alpha value is -0.0900. The maximum absolute atomic E-state index is 10.1. The van der Waals surface area contributed by atoms with Crippen LogP contribution in [0.4, 0.5) is 0 Å². The van der Waals surface area contributed by atoms with E-state index in [1.807, 2.05) is 0 Å². The van der Waals surface area contributed by atoms with Crippen LogP contribution in [0.5, 0.6) is 0 Å². The zero-order chi connectivity index (χ0) is 7.56. The van der Waals surface area contributed by atoms with Gasteiger partial charge in [0.25, 0.3) is 0 Å². The Balaban J connectivity index is 0.000001000. The first-order chi connectivity index (χ1) is 4.70. The minimum Gasteiger partial charge on any atom is -0.545 e. The molecule has 0 unspecified atom stereocenters. The van der Waals surface area contributed by atoms with Crippen LogP contribution < -0.4 is 34.7 Å². The molecule has 1 aromatic heterocycles. The number of carbonyl (C=O) groups excluding carboxylic acids is 1. The molecule has 0 aliphatic rings. The Labute approximate surface area is 90.7 Å². The van der Waals surface area contributed by atoms with Crippen molar-refractivity contribution in [2.45, 2.75) is 0 Å². The molecule has 11 heavy (non-hydrogen) atoms. The van der Waals surface area contributed by atoms with E-state index in [9.17, 15) is 9.90 Å². The minimum atomic E-state index is -1.25. The summed E-state index contributed by atoms with van der Waals surface area (Å²) in [5, 5.41) is 10.4. The molecule has 52 valence electrons. The van der Waals surface area contributed by atoms with Crippen LogP contribution in [0.25, 0.3) is 0 Å². The quantitative estimate of drug-likeness (QED) is 0.343. The Kier molecular flexibility index (Phi) is 4.68. The molecule has 0 aliphatic carbocycles. The van der Waals surface area contributed by atoms with Crippen molar-refractivity contribution in [3.8, 4) is 0 Å². The third-order valence-electron chi connectivity index (χ3n) is 0.963. The Morgan fingerprint density at radius 3 is 2.55 bits per heavy atom. The molecule has 0 saturated carbocycles. The van der Waals surface area contributed by atoms with E-state index in [0.29, 0.717) is 0 Å². The summed E-state index contributed by atoms with van der Waals surface area (Å²) >= 11 is 5.39. The summed E-state index contributed by atoms with van der Waals surface area (Å²) in [5.41, 5.74) is 0.0319. The number of carbonyl (C=O) groups is 1. The van der Waals surface area contributed by atoms with Crippen LogP contribution in [0, 0.1) is 0 Å². The summed E-state index contributed by atoms with van der Waals surface area (Å²) in [6, 6.07) is 2.73. The van der Waals surface area contributed by atoms with Gasteiger partial charge in [-0.3, -0.25) is 0 Å². The van der Waals surface area contributed by atoms with Gasteiger partial charge in [0.1, 0.15) is 5.15 Å². The molecule has 3 nitrogen and oxygen atoms in total. The van der Waals surface area contributed by atoms with E-state index in [2.05, 4.69) is 4.98 Å². The number of carboxylic acids is 1. The average Bonchev–Trinajstić information content (AvgIpc) is 1.88. The van der Waals surface area contributed by atoms with Crippen LogP contribution in [-0.4, -0.2) is 11.0 Å². The van der Waals surface area contributed by atoms with E-state index in [1.54, 1.807) is 0 Å². The molecule has 1 aromatic rings. The summed E-state index contributed by atoms with van der Waals surface area (Å²) in [7, 11) is 0. The van der Waals surface area contributed by atoms with Crippen LogP contribution in [0.1, 0.15) is 10.4 Å². The van der Waals surface area contributed by atoms with Gasteiger partial charge < -0.3 is 9.90 Å². The number of rotatable bonds is 1. The molecule has 0 N–H and O–H groups in total. The van der Waals surface area contributed by atoms with Gasteiger partial charge in [-0.15, -0.1) is 0 Å². The molecule has 5 heteroatoms. The van der Waals surface area contributed by atoms with E-state index in [4.69, 9.17) is 11.6 Å². The molecule has 1 heterocycles. The number of aromatic carboxylic acids is 1. The van der Waals surface area contributed by atoms with Gasteiger partial charge >= 0.3 is 29.6 Å². The summed E-state index contributed by atoms with van der Waals surface area (Å²) in [6.07, 6.45) is 1.15. The van der Waals surface area contributed by atoms with E-state index in [0.717, 1.165) is 6.20 Å². The van der Waals surface area contributed by atoms with Crippen LogP contribution in [0.3, 0.4) is 0 Å². The molecular formula is C6H3ClNNaO2. The van der Waals surface area contributed by atoms with Crippen LogP contribution in [-0.2, 0) is 0 Å². The largest absolute Gasteiger partial charge is 1.00 e. The Morgan fingerprint density at radius 1 is 1.55 bits per heavy atom. The summed E-state index contributed by atoms with van der Waals surface area (Å²) in [4.78, 5) is 13.7. The van der Waals surface area contributed by atoms with Crippen molar-refractivity contribution >= 4 is 17.6 Å². The van der Waals surface area contributed by atoms with E-state index >= 15 is 0 Å². The van der Waals surface area contributed by atoms with E-state index < -0.39 is 5.97 Å². The number of aromatic nitrogens is 1. The summed E-state index contributed by atoms with van der Waals surface area (Å²) < 4.78 is 0. The van der Waals surface area contributed by atoms with Gasteiger partial charge in [0, 0.05) is 11.8 Å². The van der Waals surface area contributed by atoms with Gasteiger partial charge in [-0.25, -0.2) is 4.98 Å². The van der Waals surface area contributed by atoms with Gasteiger partial charge in [0.05, 0.1) is 5.97 Å². The van der Waals surface area contributed by atoms with Crippen LogP contribution in [0.2, 0.25) is 5.15 Å². The molecule has 0 aromatic carbocycles. The van der Waals surface area contributed by atoms with Crippen LogP contribution in [0.15, 0.2) is 18.3 Å². The van der Waals surface area contributed by atoms with Crippen molar-refractivity contribution in [2.24, 2.45) is 0 Å².